The van der Waals surface area contributed by atoms with Crippen LogP contribution < -0.4 is 10.6 Å². The molecular formula is C12H20N2O3. The summed E-state index contributed by atoms with van der Waals surface area (Å²) in [5.41, 5.74) is -0.701. The van der Waals surface area contributed by atoms with E-state index in [-0.39, 0.29) is 18.6 Å². The maximum absolute atomic E-state index is 11.6. The van der Waals surface area contributed by atoms with E-state index in [4.69, 9.17) is 5.11 Å². The van der Waals surface area contributed by atoms with Crippen molar-refractivity contribution < 1.29 is 14.7 Å². The minimum absolute atomic E-state index is 0.218. The van der Waals surface area contributed by atoms with Crippen LogP contribution in [0.2, 0.25) is 0 Å². The third-order valence-electron chi connectivity index (χ3n) is 4.04. The lowest BCUT2D eigenvalue weighted by Crippen LogP contribution is -2.50. The topological polar surface area (TPSA) is 78.4 Å². The molecule has 2 saturated carbocycles. The van der Waals surface area contributed by atoms with Gasteiger partial charge in [0.25, 0.3) is 0 Å². The molecule has 3 N–H and O–H groups in total. The molecule has 2 rings (SSSR count). The molecule has 0 spiro atoms. The van der Waals surface area contributed by atoms with E-state index in [1.54, 1.807) is 0 Å². The Kier molecular flexibility index (Phi) is 3.54. The summed E-state index contributed by atoms with van der Waals surface area (Å²) >= 11 is 0. The Morgan fingerprint density at radius 1 is 1.18 bits per heavy atom. The highest BCUT2D eigenvalue weighted by atomic mass is 16.4. The summed E-state index contributed by atoms with van der Waals surface area (Å²) in [4.78, 5) is 22.7. The second-order valence-electron chi connectivity index (χ2n) is 5.25. The highest BCUT2D eigenvalue weighted by Crippen LogP contribution is 2.40. The highest BCUT2D eigenvalue weighted by Gasteiger charge is 2.44. The van der Waals surface area contributed by atoms with Gasteiger partial charge in [0.05, 0.1) is 5.41 Å². The molecule has 0 aromatic heterocycles. The number of aliphatic carboxylic acids is 1. The van der Waals surface area contributed by atoms with Crippen LogP contribution in [0.25, 0.3) is 0 Å². The Labute approximate surface area is 101 Å². The molecule has 2 amide bonds. The molecule has 0 atom stereocenters. The molecule has 0 heterocycles. The number of rotatable bonds is 4. The Balaban J connectivity index is 1.73. The van der Waals surface area contributed by atoms with Crippen molar-refractivity contribution in [3.8, 4) is 0 Å². The number of carbonyl (C=O) groups is 2. The summed E-state index contributed by atoms with van der Waals surface area (Å²) < 4.78 is 0. The third kappa shape index (κ3) is 2.70. The molecule has 0 radical (unpaired) electrons. The minimum Gasteiger partial charge on any atom is -0.481 e. The standard InChI is InChI=1S/C12H20N2O3/c15-10(16)12(6-3-7-12)8-13-11(17)14-9-4-1-2-5-9/h9H,1-8H2,(H,15,16)(H2,13,14,17). The summed E-state index contributed by atoms with van der Waals surface area (Å²) in [6.07, 6.45) is 6.71. The monoisotopic (exact) mass is 240 g/mol. The Bertz CT molecular complexity index is 307. The van der Waals surface area contributed by atoms with Gasteiger partial charge in [0, 0.05) is 12.6 Å². The van der Waals surface area contributed by atoms with E-state index in [0.717, 1.165) is 19.3 Å². The zero-order valence-corrected chi connectivity index (χ0v) is 10.00. The highest BCUT2D eigenvalue weighted by molar-refractivity contribution is 5.79. The Morgan fingerprint density at radius 2 is 1.82 bits per heavy atom. The minimum atomic E-state index is -0.787. The number of amides is 2. The molecule has 0 aliphatic heterocycles. The van der Waals surface area contributed by atoms with Crippen LogP contribution >= 0.6 is 0 Å². The van der Waals surface area contributed by atoms with E-state index in [9.17, 15) is 9.59 Å². The summed E-state index contributed by atoms with van der Waals surface area (Å²) in [7, 11) is 0. The van der Waals surface area contributed by atoms with Gasteiger partial charge in [-0.15, -0.1) is 0 Å². The lowest BCUT2D eigenvalue weighted by Gasteiger charge is -2.37. The fourth-order valence-electron chi connectivity index (χ4n) is 2.63. The summed E-state index contributed by atoms with van der Waals surface area (Å²) in [5.74, 6) is -0.787. The number of nitrogens with one attached hydrogen (secondary N) is 2. The molecule has 17 heavy (non-hydrogen) atoms. The zero-order chi connectivity index (χ0) is 12.3. The molecule has 0 aromatic carbocycles. The van der Waals surface area contributed by atoms with Gasteiger partial charge in [-0.05, 0) is 25.7 Å². The van der Waals surface area contributed by atoms with Crippen LogP contribution in [0.1, 0.15) is 44.9 Å². The number of carbonyl (C=O) groups excluding carboxylic acids is 1. The lowest BCUT2D eigenvalue weighted by molar-refractivity contribution is -0.153. The predicted molar refractivity (Wildman–Crippen MR) is 62.7 cm³/mol. The molecule has 0 unspecified atom stereocenters. The third-order valence-corrected chi connectivity index (χ3v) is 4.04. The molecule has 5 nitrogen and oxygen atoms in total. The first-order chi connectivity index (χ1) is 8.12. The van der Waals surface area contributed by atoms with E-state index in [0.29, 0.717) is 12.8 Å². The second-order valence-corrected chi connectivity index (χ2v) is 5.25. The fourth-order valence-corrected chi connectivity index (χ4v) is 2.63. The van der Waals surface area contributed by atoms with E-state index < -0.39 is 11.4 Å². The number of carboxylic acid groups (broad SMARTS) is 1. The fraction of sp³-hybridized carbons (Fsp3) is 0.833. The number of hydrogen-bond donors (Lipinski definition) is 3. The first kappa shape index (κ1) is 12.2. The van der Waals surface area contributed by atoms with Crippen molar-refractivity contribution in [1.82, 2.24) is 10.6 Å². The maximum atomic E-state index is 11.6. The first-order valence-electron chi connectivity index (χ1n) is 6.40. The van der Waals surface area contributed by atoms with Gasteiger partial charge in [-0.1, -0.05) is 19.3 Å². The van der Waals surface area contributed by atoms with Gasteiger partial charge >= 0.3 is 12.0 Å². The van der Waals surface area contributed by atoms with Gasteiger partial charge in [0.2, 0.25) is 0 Å². The largest absolute Gasteiger partial charge is 0.481 e. The van der Waals surface area contributed by atoms with Gasteiger partial charge in [-0.2, -0.15) is 0 Å². The normalized spacial score (nSPS) is 22.8. The van der Waals surface area contributed by atoms with Crippen molar-refractivity contribution in [1.29, 1.82) is 0 Å². The van der Waals surface area contributed by atoms with Gasteiger partial charge in [-0.3, -0.25) is 4.79 Å². The number of hydrogen-bond acceptors (Lipinski definition) is 2. The molecule has 2 aliphatic rings. The molecule has 0 aromatic rings. The van der Waals surface area contributed by atoms with Gasteiger partial charge in [0.1, 0.15) is 0 Å². The van der Waals surface area contributed by atoms with Crippen LogP contribution in [-0.2, 0) is 4.79 Å². The van der Waals surface area contributed by atoms with E-state index in [1.165, 1.54) is 12.8 Å². The lowest BCUT2D eigenvalue weighted by atomic mass is 9.69. The average Bonchev–Trinajstić information content (AvgIpc) is 2.68. The van der Waals surface area contributed by atoms with Crippen molar-refractivity contribution in [2.24, 2.45) is 5.41 Å². The van der Waals surface area contributed by atoms with E-state index in [2.05, 4.69) is 10.6 Å². The van der Waals surface area contributed by atoms with Crippen LogP contribution in [0.5, 0.6) is 0 Å². The molecule has 0 saturated heterocycles. The predicted octanol–water partition coefficient (Wildman–Crippen LogP) is 1.48. The van der Waals surface area contributed by atoms with Crippen molar-refractivity contribution in [2.75, 3.05) is 6.54 Å². The molecular weight excluding hydrogens is 220 g/mol. The summed E-state index contributed by atoms with van der Waals surface area (Å²) in [6.45, 7) is 0.251. The van der Waals surface area contributed by atoms with E-state index in [1.807, 2.05) is 0 Å². The van der Waals surface area contributed by atoms with Crippen LogP contribution in [0, 0.1) is 5.41 Å². The Morgan fingerprint density at radius 3 is 2.29 bits per heavy atom. The second kappa shape index (κ2) is 4.94. The summed E-state index contributed by atoms with van der Waals surface area (Å²) in [5, 5.41) is 14.7. The van der Waals surface area contributed by atoms with Crippen molar-refractivity contribution in [2.45, 2.75) is 51.0 Å². The van der Waals surface area contributed by atoms with Gasteiger partial charge in [-0.25, -0.2) is 4.79 Å². The van der Waals surface area contributed by atoms with Crippen LogP contribution in [-0.4, -0.2) is 29.7 Å². The number of carboxylic acids is 1. The SMILES string of the molecule is O=C(NCC1(C(=O)O)CCC1)NC1CCCC1. The molecule has 0 bridgehead atoms. The smallest absolute Gasteiger partial charge is 0.315 e. The van der Waals surface area contributed by atoms with Gasteiger partial charge < -0.3 is 15.7 Å². The molecule has 2 fully saturated rings. The maximum Gasteiger partial charge on any atom is 0.315 e. The van der Waals surface area contributed by atoms with E-state index >= 15 is 0 Å². The average molecular weight is 240 g/mol. The quantitative estimate of drug-likeness (QED) is 0.696. The number of urea groups is 1. The Hall–Kier alpha value is -1.26. The zero-order valence-electron chi connectivity index (χ0n) is 10.00. The van der Waals surface area contributed by atoms with Crippen LogP contribution in [0.4, 0.5) is 4.79 Å². The summed E-state index contributed by atoms with van der Waals surface area (Å²) in [6, 6.07) is 0.0570. The molecule has 2 aliphatic carbocycles. The van der Waals surface area contributed by atoms with Gasteiger partial charge in [0.15, 0.2) is 0 Å². The first-order valence-corrected chi connectivity index (χ1v) is 6.40. The molecule has 5 heteroatoms. The molecule has 96 valence electrons. The van der Waals surface area contributed by atoms with Crippen LogP contribution in [0.3, 0.4) is 0 Å². The van der Waals surface area contributed by atoms with Crippen LogP contribution in [0.15, 0.2) is 0 Å². The van der Waals surface area contributed by atoms with Crippen molar-refractivity contribution in [3.63, 3.8) is 0 Å². The van der Waals surface area contributed by atoms with Crippen molar-refractivity contribution >= 4 is 12.0 Å². The van der Waals surface area contributed by atoms with Crippen molar-refractivity contribution in [3.05, 3.63) is 0 Å².